The van der Waals surface area contributed by atoms with E-state index in [1.165, 1.54) is 12.1 Å². The highest BCUT2D eigenvalue weighted by Crippen LogP contribution is 2.13. The van der Waals surface area contributed by atoms with Crippen LogP contribution < -0.4 is 11.1 Å². The van der Waals surface area contributed by atoms with Gasteiger partial charge in [-0.05, 0) is 23.9 Å². The lowest BCUT2D eigenvalue weighted by Crippen LogP contribution is -2.09. The number of anilines is 1. The van der Waals surface area contributed by atoms with Crippen molar-refractivity contribution < 1.29 is 9.90 Å². The molecular formula is C6H7N5O2S. The summed E-state index contributed by atoms with van der Waals surface area (Å²) in [5.74, 6) is 0.130. The maximum absolute atomic E-state index is 10.2. The number of nitrogens with two attached hydrogens (primary N) is 1. The minimum Gasteiger partial charge on any atom is -0.465 e. The molecule has 0 aromatic carbocycles. The quantitative estimate of drug-likeness (QED) is 0.323. The van der Waals surface area contributed by atoms with Crippen molar-refractivity contribution in [2.75, 3.05) is 5.32 Å². The summed E-state index contributed by atoms with van der Waals surface area (Å²) < 4.78 is 0. The van der Waals surface area contributed by atoms with Crippen molar-refractivity contribution in [3.8, 4) is 0 Å². The van der Waals surface area contributed by atoms with E-state index >= 15 is 0 Å². The number of hydrogen-bond donors (Lipinski definition) is 4. The number of thioether (sulfide) groups is 1. The zero-order chi connectivity index (χ0) is 10.6. The Morgan fingerprint density at radius 2 is 2.29 bits per heavy atom. The summed E-state index contributed by atoms with van der Waals surface area (Å²) in [5.41, 5.74) is 5.11. The summed E-state index contributed by atoms with van der Waals surface area (Å²) in [6.45, 7) is 0. The molecule has 1 heterocycles. The molecule has 8 heteroatoms. The van der Waals surface area contributed by atoms with Crippen molar-refractivity contribution in [1.29, 1.82) is 5.41 Å². The number of rotatable bonds is 2. The first kappa shape index (κ1) is 10.3. The van der Waals surface area contributed by atoms with Crippen molar-refractivity contribution in [2.24, 2.45) is 5.73 Å². The van der Waals surface area contributed by atoms with E-state index < -0.39 is 6.09 Å². The van der Waals surface area contributed by atoms with Crippen LogP contribution >= 0.6 is 11.8 Å². The highest BCUT2D eigenvalue weighted by Gasteiger charge is 2.02. The minimum atomic E-state index is -1.20. The van der Waals surface area contributed by atoms with Gasteiger partial charge in [0.05, 0.1) is 0 Å². The van der Waals surface area contributed by atoms with Gasteiger partial charge >= 0.3 is 6.09 Å². The van der Waals surface area contributed by atoms with Crippen LogP contribution in [0.4, 0.5) is 10.6 Å². The van der Waals surface area contributed by atoms with Gasteiger partial charge in [0.2, 0.25) is 0 Å². The molecule has 0 unspecified atom stereocenters. The molecule has 5 N–H and O–H groups in total. The maximum Gasteiger partial charge on any atom is 0.410 e. The molecule has 0 atom stereocenters. The van der Waals surface area contributed by atoms with E-state index in [0.29, 0.717) is 5.03 Å². The molecule has 1 amide bonds. The molecule has 74 valence electrons. The molecule has 0 radical (unpaired) electrons. The Labute approximate surface area is 83.2 Å². The number of hydrogen-bond acceptors (Lipinski definition) is 5. The van der Waals surface area contributed by atoms with Crippen LogP contribution in [0.5, 0.6) is 0 Å². The average molecular weight is 213 g/mol. The SMILES string of the molecule is N=C(N)Sc1ccc(NC(=O)O)nn1. The number of nitrogens with one attached hydrogen (secondary N) is 2. The van der Waals surface area contributed by atoms with Gasteiger partial charge < -0.3 is 10.8 Å². The highest BCUT2D eigenvalue weighted by molar-refractivity contribution is 8.13. The van der Waals surface area contributed by atoms with Gasteiger partial charge in [0, 0.05) is 0 Å². The third-order valence-corrected chi connectivity index (χ3v) is 1.74. The molecule has 0 bridgehead atoms. The van der Waals surface area contributed by atoms with Gasteiger partial charge in [0.25, 0.3) is 0 Å². The molecule has 1 aromatic heterocycles. The minimum absolute atomic E-state index is 0.0988. The monoisotopic (exact) mass is 213 g/mol. The fourth-order valence-corrected chi connectivity index (χ4v) is 1.11. The van der Waals surface area contributed by atoms with Crippen LogP contribution in [0, 0.1) is 5.41 Å². The van der Waals surface area contributed by atoms with E-state index in [4.69, 9.17) is 16.2 Å². The molecule has 7 nitrogen and oxygen atoms in total. The van der Waals surface area contributed by atoms with Crippen molar-refractivity contribution in [1.82, 2.24) is 10.2 Å². The van der Waals surface area contributed by atoms with Gasteiger partial charge in [-0.1, -0.05) is 0 Å². The van der Waals surface area contributed by atoms with Crippen LogP contribution in [0.1, 0.15) is 0 Å². The second-order valence-electron chi connectivity index (χ2n) is 2.15. The third kappa shape index (κ3) is 3.27. The molecule has 14 heavy (non-hydrogen) atoms. The average Bonchev–Trinajstić information content (AvgIpc) is 2.06. The molecule has 0 saturated heterocycles. The molecule has 0 spiro atoms. The molecule has 0 aliphatic heterocycles. The van der Waals surface area contributed by atoms with Crippen LogP contribution in [0.2, 0.25) is 0 Å². The summed E-state index contributed by atoms with van der Waals surface area (Å²) in [7, 11) is 0. The fraction of sp³-hybridized carbons (Fsp3) is 0. The van der Waals surface area contributed by atoms with Gasteiger partial charge in [0.15, 0.2) is 11.0 Å². The molecule has 1 rings (SSSR count). The van der Waals surface area contributed by atoms with Gasteiger partial charge in [-0.2, -0.15) is 0 Å². The summed E-state index contributed by atoms with van der Waals surface area (Å²) in [6.07, 6.45) is -1.20. The van der Waals surface area contributed by atoms with Crippen molar-refractivity contribution in [3.63, 3.8) is 0 Å². The zero-order valence-electron chi connectivity index (χ0n) is 6.89. The molecule has 0 fully saturated rings. The van der Waals surface area contributed by atoms with Crippen LogP contribution in [-0.4, -0.2) is 26.6 Å². The lowest BCUT2D eigenvalue weighted by atomic mass is 10.5. The van der Waals surface area contributed by atoms with Crippen LogP contribution in [0.25, 0.3) is 0 Å². The normalized spacial score (nSPS) is 9.43. The first-order chi connectivity index (χ1) is 6.58. The van der Waals surface area contributed by atoms with E-state index in [1.54, 1.807) is 0 Å². The lowest BCUT2D eigenvalue weighted by molar-refractivity contribution is 0.209. The van der Waals surface area contributed by atoms with Gasteiger partial charge in [-0.15, -0.1) is 10.2 Å². The molecular weight excluding hydrogens is 206 g/mol. The Morgan fingerprint density at radius 1 is 1.57 bits per heavy atom. The Balaban J connectivity index is 2.68. The topological polar surface area (TPSA) is 125 Å². The zero-order valence-corrected chi connectivity index (χ0v) is 7.71. The summed E-state index contributed by atoms with van der Waals surface area (Å²) in [4.78, 5) is 10.2. The Hall–Kier alpha value is -1.83. The van der Waals surface area contributed by atoms with Crippen molar-refractivity contribution in [2.45, 2.75) is 5.03 Å². The Kier molecular flexibility index (Phi) is 3.24. The van der Waals surface area contributed by atoms with Gasteiger partial charge in [-0.3, -0.25) is 10.7 Å². The summed E-state index contributed by atoms with van der Waals surface area (Å²) in [6, 6.07) is 2.96. The fourth-order valence-electron chi connectivity index (χ4n) is 0.663. The highest BCUT2D eigenvalue weighted by atomic mass is 32.2. The van der Waals surface area contributed by atoms with Crippen LogP contribution in [0.3, 0.4) is 0 Å². The van der Waals surface area contributed by atoms with Crippen LogP contribution in [0.15, 0.2) is 17.2 Å². The molecule has 0 aliphatic rings. The first-order valence-electron chi connectivity index (χ1n) is 3.43. The maximum atomic E-state index is 10.2. The van der Waals surface area contributed by atoms with Gasteiger partial charge in [0.1, 0.15) is 5.03 Å². The third-order valence-electron chi connectivity index (χ3n) is 1.09. The predicted octanol–water partition coefficient (Wildman–Crippen LogP) is 0.552. The number of carbonyl (C=O) groups is 1. The van der Waals surface area contributed by atoms with E-state index in [2.05, 4.69) is 10.2 Å². The summed E-state index contributed by atoms with van der Waals surface area (Å²) in [5, 5.41) is 24.9. The smallest absolute Gasteiger partial charge is 0.410 e. The first-order valence-corrected chi connectivity index (χ1v) is 4.25. The van der Waals surface area contributed by atoms with Gasteiger partial charge in [-0.25, -0.2) is 4.79 Å². The van der Waals surface area contributed by atoms with Crippen molar-refractivity contribution >= 4 is 28.8 Å². The second-order valence-corrected chi connectivity index (χ2v) is 3.22. The van der Waals surface area contributed by atoms with E-state index in [9.17, 15) is 4.79 Å². The molecule has 0 aliphatic carbocycles. The number of carboxylic acid groups (broad SMARTS) is 1. The largest absolute Gasteiger partial charge is 0.465 e. The van der Waals surface area contributed by atoms with E-state index in [-0.39, 0.29) is 11.0 Å². The number of amidine groups is 1. The number of nitrogens with zero attached hydrogens (tertiary/aromatic N) is 2. The Morgan fingerprint density at radius 3 is 2.71 bits per heavy atom. The van der Waals surface area contributed by atoms with Crippen molar-refractivity contribution in [3.05, 3.63) is 12.1 Å². The number of amides is 1. The number of aromatic nitrogens is 2. The predicted molar refractivity (Wildman–Crippen MR) is 51.5 cm³/mol. The standard InChI is InChI=1S/C6H7N5O2S/c7-5(8)14-4-2-1-3(10-11-4)9-6(12)13/h1-2H,(H3,7,8)(H,9,10)(H,12,13). The second kappa shape index (κ2) is 4.42. The Bertz CT molecular complexity index is 317. The van der Waals surface area contributed by atoms with E-state index in [1.807, 2.05) is 5.32 Å². The molecule has 1 aromatic rings. The molecule has 0 saturated carbocycles. The van der Waals surface area contributed by atoms with Crippen LogP contribution in [-0.2, 0) is 0 Å². The lowest BCUT2D eigenvalue weighted by Gasteiger charge is -1.99. The van der Waals surface area contributed by atoms with E-state index in [0.717, 1.165) is 11.8 Å². The summed E-state index contributed by atoms with van der Waals surface area (Å²) >= 11 is 0.938.